The zero-order valence-corrected chi connectivity index (χ0v) is 20.7. The molecule has 0 bridgehead atoms. The molecule has 0 spiro atoms. The summed E-state index contributed by atoms with van der Waals surface area (Å²) >= 11 is 6.33. The number of aliphatic carboxylic acids is 2. The van der Waals surface area contributed by atoms with E-state index in [9.17, 15) is 25.1 Å². The zero-order valence-electron chi connectivity index (χ0n) is 19.9. The Kier molecular flexibility index (Phi) is 8.37. The van der Waals surface area contributed by atoms with Crippen molar-refractivity contribution >= 4 is 29.6 Å². The second kappa shape index (κ2) is 11.1. The van der Waals surface area contributed by atoms with E-state index in [1.807, 2.05) is 49.4 Å². The topological polar surface area (TPSA) is 110 Å². The average molecular weight is 495 g/mol. The van der Waals surface area contributed by atoms with Crippen molar-refractivity contribution < 1.29 is 19.8 Å². The van der Waals surface area contributed by atoms with Gasteiger partial charge in [0.25, 0.3) is 0 Å². The second-order valence-corrected chi connectivity index (χ2v) is 9.64. The van der Waals surface area contributed by atoms with Crippen molar-refractivity contribution in [2.75, 3.05) is 0 Å². The van der Waals surface area contributed by atoms with E-state index in [2.05, 4.69) is 11.4 Å². The number of nitrogens with one attached hydrogen (secondary N) is 1. The number of nitrogens with zero attached hydrogens (tertiary/aromatic N) is 1. The van der Waals surface area contributed by atoms with Crippen LogP contribution in [0.3, 0.4) is 0 Å². The fraction of sp³-hybridized carbons (Fsp3) is 0.393. The number of carboxylic acids is 2. The standard InChI is InChI=1S/C28H31ClN2O4/c1-3-23-28(26(34)35,15-8-12-20-10-5-4-6-11-20)24(21-13-7-14-22(29)18-21)27(25(32)33,16-9-17-30)19(2)31-23/h4-8,10-14,18-19,23-24,31H,3,9,15-16H2,1-2H3,(H,32,33)(H,34,35). The van der Waals surface area contributed by atoms with Gasteiger partial charge < -0.3 is 15.5 Å². The Balaban J connectivity index is 2.30. The first-order chi connectivity index (χ1) is 16.7. The van der Waals surface area contributed by atoms with E-state index in [4.69, 9.17) is 11.6 Å². The maximum atomic E-state index is 13.3. The van der Waals surface area contributed by atoms with Crippen LogP contribution >= 0.6 is 11.6 Å². The van der Waals surface area contributed by atoms with Gasteiger partial charge in [-0.25, -0.2) is 0 Å². The first-order valence-corrected chi connectivity index (χ1v) is 12.2. The Morgan fingerprint density at radius 2 is 1.80 bits per heavy atom. The minimum atomic E-state index is -1.54. The van der Waals surface area contributed by atoms with Crippen LogP contribution in [-0.2, 0) is 9.59 Å². The number of benzene rings is 2. The molecule has 0 radical (unpaired) electrons. The highest BCUT2D eigenvalue weighted by molar-refractivity contribution is 6.30. The van der Waals surface area contributed by atoms with E-state index in [1.54, 1.807) is 31.2 Å². The second-order valence-electron chi connectivity index (χ2n) is 9.20. The summed E-state index contributed by atoms with van der Waals surface area (Å²) in [7, 11) is 0. The van der Waals surface area contributed by atoms with Gasteiger partial charge in [0.2, 0.25) is 0 Å². The maximum absolute atomic E-state index is 13.3. The number of allylic oxidation sites excluding steroid dienone is 1. The summed E-state index contributed by atoms with van der Waals surface area (Å²) in [6.45, 7) is 3.68. The zero-order chi connectivity index (χ0) is 25.6. The molecule has 1 fully saturated rings. The van der Waals surface area contributed by atoms with Crippen molar-refractivity contribution in [2.45, 2.75) is 57.5 Å². The van der Waals surface area contributed by atoms with Crippen molar-refractivity contribution in [3.05, 3.63) is 76.8 Å². The SMILES string of the molecule is CCC1NC(C)C(CCC#N)(C(=O)O)C(c2cccc(Cl)c2)C1(CC=Cc1ccccc1)C(=O)O. The molecule has 1 saturated heterocycles. The molecule has 6 nitrogen and oxygen atoms in total. The molecule has 3 N–H and O–H groups in total. The molecular weight excluding hydrogens is 464 g/mol. The molecule has 35 heavy (non-hydrogen) atoms. The van der Waals surface area contributed by atoms with Crippen LogP contribution < -0.4 is 5.32 Å². The van der Waals surface area contributed by atoms with Gasteiger partial charge in [-0.2, -0.15) is 5.26 Å². The lowest BCUT2D eigenvalue weighted by Gasteiger charge is -2.58. The fourth-order valence-corrected chi connectivity index (χ4v) is 6.09. The molecule has 5 atom stereocenters. The minimum absolute atomic E-state index is 0.0119. The third-order valence-electron chi connectivity index (χ3n) is 7.48. The van der Waals surface area contributed by atoms with Crippen LogP contribution in [-0.4, -0.2) is 34.2 Å². The highest BCUT2D eigenvalue weighted by Crippen LogP contribution is 2.59. The number of carbonyl (C=O) groups is 2. The van der Waals surface area contributed by atoms with Crippen molar-refractivity contribution in [3.63, 3.8) is 0 Å². The van der Waals surface area contributed by atoms with Gasteiger partial charge in [-0.3, -0.25) is 9.59 Å². The first-order valence-electron chi connectivity index (χ1n) is 11.8. The van der Waals surface area contributed by atoms with Crippen LogP contribution in [0.4, 0.5) is 0 Å². The number of carboxylic acid groups (broad SMARTS) is 2. The number of nitriles is 1. The summed E-state index contributed by atoms with van der Waals surface area (Å²) in [5, 5.41) is 34.6. The molecule has 7 heteroatoms. The lowest BCUT2D eigenvalue weighted by atomic mass is 9.49. The van der Waals surface area contributed by atoms with Crippen LogP contribution in [0.15, 0.2) is 60.7 Å². The Labute approximate surface area is 211 Å². The predicted molar refractivity (Wildman–Crippen MR) is 136 cm³/mol. The number of hydrogen-bond donors (Lipinski definition) is 3. The molecule has 0 amide bonds. The monoisotopic (exact) mass is 494 g/mol. The first kappa shape index (κ1) is 26.5. The van der Waals surface area contributed by atoms with Gasteiger partial charge in [-0.05, 0) is 49.4 Å². The number of piperidine rings is 1. The molecule has 2 aromatic carbocycles. The summed E-state index contributed by atoms with van der Waals surface area (Å²) in [6.07, 6.45) is 4.27. The third kappa shape index (κ3) is 4.84. The normalized spacial score (nSPS) is 28.5. The van der Waals surface area contributed by atoms with E-state index in [0.29, 0.717) is 17.0 Å². The predicted octanol–water partition coefficient (Wildman–Crippen LogP) is 5.74. The van der Waals surface area contributed by atoms with Gasteiger partial charge in [-0.15, -0.1) is 0 Å². The average Bonchev–Trinajstić information content (AvgIpc) is 2.83. The number of rotatable bonds is 9. The summed E-state index contributed by atoms with van der Waals surface area (Å²) in [4.78, 5) is 26.4. The lowest BCUT2D eigenvalue weighted by molar-refractivity contribution is -0.173. The lowest BCUT2D eigenvalue weighted by Crippen LogP contribution is -2.70. The molecular formula is C28H31ClN2O4. The molecule has 0 aliphatic carbocycles. The molecule has 1 heterocycles. The van der Waals surface area contributed by atoms with Gasteiger partial charge in [0.05, 0.1) is 16.9 Å². The highest BCUT2D eigenvalue weighted by atomic mass is 35.5. The molecule has 5 unspecified atom stereocenters. The number of halogens is 1. The third-order valence-corrected chi connectivity index (χ3v) is 7.71. The van der Waals surface area contributed by atoms with E-state index in [0.717, 1.165) is 5.56 Å². The molecule has 3 rings (SSSR count). The van der Waals surface area contributed by atoms with Crippen LogP contribution in [0.1, 0.15) is 56.6 Å². The van der Waals surface area contributed by atoms with Gasteiger partial charge in [0, 0.05) is 29.4 Å². The summed E-state index contributed by atoms with van der Waals surface area (Å²) in [6, 6.07) is 17.4. The summed E-state index contributed by atoms with van der Waals surface area (Å²) in [5.74, 6) is -3.13. The van der Waals surface area contributed by atoms with Crippen molar-refractivity contribution in [3.8, 4) is 6.07 Å². The Hall–Kier alpha value is -3.14. The van der Waals surface area contributed by atoms with Gasteiger partial charge in [-0.1, -0.05) is 73.1 Å². The van der Waals surface area contributed by atoms with Crippen LogP contribution in [0.25, 0.3) is 6.08 Å². The largest absolute Gasteiger partial charge is 0.481 e. The summed E-state index contributed by atoms with van der Waals surface area (Å²) < 4.78 is 0. The van der Waals surface area contributed by atoms with Crippen molar-refractivity contribution in [1.29, 1.82) is 5.26 Å². The molecule has 1 aliphatic heterocycles. The van der Waals surface area contributed by atoms with Crippen LogP contribution in [0, 0.1) is 22.2 Å². The number of hydrogen-bond acceptors (Lipinski definition) is 4. The molecule has 2 aromatic rings. The van der Waals surface area contributed by atoms with Gasteiger partial charge >= 0.3 is 11.9 Å². The van der Waals surface area contributed by atoms with Crippen molar-refractivity contribution in [2.24, 2.45) is 10.8 Å². The van der Waals surface area contributed by atoms with Gasteiger partial charge in [0.1, 0.15) is 0 Å². The Bertz CT molecular complexity index is 1130. The van der Waals surface area contributed by atoms with Crippen LogP contribution in [0.5, 0.6) is 0 Å². The minimum Gasteiger partial charge on any atom is -0.481 e. The quantitative estimate of drug-likeness (QED) is 0.409. The molecule has 0 saturated carbocycles. The molecule has 184 valence electrons. The fourth-order valence-electron chi connectivity index (χ4n) is 5.89. The maximum Gasteiger partial charge on any atom is 0.312 e. The van der Waals surface area contributed by atoms with Crippen molar-refractivity contribution in [1.82, 2.24) is 5.32 Å². The van der Waals surface area contributed by atoms with Crippen LogP contribution in [0.2, 0.25) is 5.02 Å². The summed E-state index contributed by atoms with van der Waals surface area (Å²) in [5.41, 5.74) is -1.55. The van der Waals surface area contributed by atoms with E-state index < -0.39 is 40.8 Å². The van der Waals surface area contributed by atoms with Gasteiger partial charge in [0.15, 0.2) is 0 Å². The molecule has 1 aliphatic rings. The van der Waals surface area contributed by atoms with E-state index in [1.165, 1.54) is 0 Å². The smallest absolute Gasteiger partial charge is 0.312 e. The Morgan fingerprint density at radius 3 is 2.37 bits per heavy atom. The molecule has 0 aromatic heterocycles. The van der Waals surface area contributed by atoms with E-state index in [-0.39, 0.29) is 19.3 Å². The Morgan fingerprint density at radius 1 is 1.11 bits per heavy atom. The highest BCUT2D eigenvalue weighted by Gasteiger charge is 2.66. The van der Waals surface area contributed by atoms with E-state index >= 15 is 0 Å².